The highest BCUT2D eigenvalue weighted by Crippen LogP contribution is 2.16. The van der Waals surface area contributed by atoms with E-state index in [1.807, 2.05) is 19.1 Å². The smallest absolute Gasteiger partial charge is 0.307 e. The molecule has 0 aliphatic heterocycles. The maximum Gasteiger partial charge on any atom is 0.307 e. The van der Waals surface area contributed by atoms with E-state index in [9.17, 15) is 9.59 Å². The minimum absolute atomic E-state index is 0.0423. The van der Waals surface area contributed by atoms with Gasteiger partial charge in [0, 0.05) is 5.02 Å². The molecule has 0 spiro atoms. The van der Waals surface area contributed by atoms with E-state index in [4.69, 9.17) is 21.4 Å². The van der Waals surface area contributed by atoms with Crippen LogP contribution in [0.5, 0.6) is 5.75 Å². The average Bonchev–Trinajstić information content (AvgIpc) is 2.54. The summed E-state index contributed by atoms with van der Waals surface area (Å²) in [6.07, 6.45) is -0.0423. The molecular weight excluding hydrogens is 330 g/mol. The van der Waals surface area contributed by atoms with Crippen LogP contribution in [0, 0.1) is 0 Å². The molecule has 1 amide bonds. The summed E-state index contributed by atoms with van der Waals surface area (Å²) in [6, 6.07) is 13.7. The molecule has 0 aliphatic rings. The first-order chi connectivity index (χ1) is 11.4. The number of rotatable bonds is 7. The fraction of sp³-hybridized carbons (Fsp3) is 0.222. The van der Waals surface area contributed by atoms with Crippen LogP contribution in [-0.4, -0.2) is 23.6 Å². The van der Waals surface area contributed by atoms with Gasteiger partial charge in [0.1, 0.15) is 5.75 Å². The highest BCUT2D eigenvalue weighted by molar-refractivity contribution is 6.30. The standard InChI is InChI=1S/C18H18ClNO4/c1-12(14-4-6-15(19)7-5-14)20-17(21)11-24-16-8-2-13(3-9-16)10-18(22)23/h2-9,12H,10-11H2,1H3,(H,20,21)(H,22,23). The van der Waals surface area contributed by atoms with E-state index in [1.54, 1.807) is 36.4 Å². The van der Waals surface area contributed by atoms with Crippen molar-refractivity contribution in [2.75, 3.05) is 6.61 Å². The SMILES string of the molecule is CC(NC(=O)COc1ccc(CC(=O)O)cc1)c1ccc(Cl)cc1. The van der Waals surface area contributed by atoms with Crippen LogP contribution in [0.4, 0.5) is 0 Å². The number of hydrogen-bond acceptors (Lipinski definition) is 3. The van der Waals surface area contributed by atoms with E-state index in [-0.39, 0.29) is 25.0 Å². The van der Waals surface area contributed by atoms with E-state index in [2.05, 4.69) is 5.32 Å². The summed E-state index contributed by atoms with van der Waals surface area (Å²) in [5, 5.41) is 12.2. The van der Waals surface area contributed by atoms with Crippen LogP contribution in [0.1, 0.15) is 24.1 Å². The van der Waals surface area contributed by atoms with Crippen LogP contribution in [0.2, 0.25) is 5.02 Å². The number of ether oxygens (including phenoxy) is 1. The molecule has 6 heteroatoms. The molecule has 0 bridgehead atoms. The van der Waals surface area contributed by atoms with Crippen LogP contribution < -0.4 is 10.1 Å². The number of carboxylic acid groups (broad SMARTS) is 1. The Morgan fingerprint density at radius 1 is 1.12 bits per heavy atom. The summed E-state index contributed by atoms with van der Waals surface area (Å²) in [5.74, 6) is -0.621. The maximum atomic E-state index is 11.9. The van der Waals surface area contributed by atoms with Gasteiger partial charge in [-0.05, 0) is 42.3 Å². The monoisotopic (exact) mass is 347 g/mol. The topological polar surface area (TPSA) is 75.6 Å². The fourth-order valence-corrected chi connectivity index (χ4v) is 2.27. The third kappa shape index (κ3) is 5.59. The lowest BCUT2D eigenvalue weighted by molar-refractivity contribution is -0.136. The van der Waals surface area contributed by atoms with Crippen LogP contribution in [0.25, 0.3) is 0 Å². The van der Waals surface area contributed by atoms with E-state index in [0.29, 0.717) is 16.3 Å². The first-order valence-corrected chi connectivity index (χ1v) is 7.80. The Morgan fingerprint density at radius 2 is 1.75 bits per heavy atom. The normalized spacial score (nSPS) is 11.6. The van der Waals surface area contributed by atoms with E-state index in [1.165, 1.54) is 0 Å². The molecule has 24 heavy (non-hydrogen) atoms. The van der Waals surface area contributed by atoms with Crippen molar-refractivity contribution < 1.29 is 19.4 Å². The molecule has 1 unspecified atom stereocenters. The molecule has 0 fully saturated rings. The zero-order valence-corrected chi connectivity index (χ0v) is 13.9. The van der Waals surface area contributed by atoms with Crippen molar-refractivity contribution in [3.8, 4) is 5.75 Å². The van der Waals surface area contributed by atoms with Crippen molar-refractivity contribution in [2.24, 2.45) is 0 Å². The molecule has 2 aromatic carbocycles. The van der Waals surface area contributed by atoms with Crippen molar-refractivity contribution in [2.45, 2.75) is 19.4 Å². The summed E-state index contributed by atoms with van der Waals surface area (Å²) >= 11 is 5.84. The van der Waals surface area contributed by atoms with E-state index >= 15 is 0 Å². The highest BCUT2D eigenvalue weighted by Gasteiger charge is 2.10. The number of aliphatic carboxylic acids is 1. The first-order valence-electron chi connectivity index (χ1n) is 7.42. The molecule has 5 nitrogen and oxygen atoms in total. The lowest BCUT2D eigenvalue weighted by Gasteiger charge is -2.15. The predicted molar refractivity (Wildman–Crippen MR) is 91.3 cm³/mol. The number of benzene rings is 2. The second kappa shape index (κ2) is 8.36. The van der Waals surface area contributed by atoms with Gasteiger partial charge in [0.2, 0.25) is 0 Å². The second-order valence-corrected chi connectivity index (χ2v) is 5.78. The first kappa shape index (κ1) is 17.8. The number of hydrogen-bond donors (Lipinski definition) is 2. The fourth-order valence-electron chi connectivity index (χ4n) is 2.14. The third-order valence-electron chi connectivity index (χ3n) is 3.40. The molecule has 0 radical (unpaired) electrons. The Morgan fingerprint density at radius 3 is 2.33 bits per heavy atom. The number of carboxylic acids is 1. The van der Waals surface area contributed by atoms with Crippen molar-refractivity contribution >= 4 is 23.5 Å². The Balaban J connectivity index is 1.82. The summed E-state index contributed by atoms with van der Waals surface area (Å²) in [4.78, 5) is 22.6. The second-order valence-electron chi connectivity index (χ2n) is 5.34. The molecule has 0 aromatic heterocycles. The summed E-state index contributed by atoms with van der Waals surface area (Å²) < 4.78 is 5.40. The van der Waals surface area contributed by atoms with Gasteiger partial charge in [-0.15, -0.1) is 0 Å². The minimum Gasteiger partial charge on any atom is -0.484 e. The predicted octanol–water partition coefficient (Wildman–Crippen LogP) is 3.22. The lowest BCUT2D eigenvalue weighted by Crippen LogP contribution is -2.31. The Hall–Kier alpha value is -2.53. The molecule has 2 rings (SSSR count). The molecule has 0 aliphatic carbocycles. The molecular formula is C18H18ClNO4. The van der Waals surface area contributed by atoms with Crippen LogP contribution in [-0.2, 0) is 16.0 Å². The zero-order valence-electron chi connectivity index (χ0n) is 13.2. The number of nitrogens with one attached hydrogen (secondary N) is 1. The van der Waals surface area contributed by atoms with Gasteiger partial charge < -0.3 is 15.2 Å². The van der Waals surface area contributed by atoms with Gasteiger partial charge in [-0.2, -0.15) is 0 Å². The van der Waals surface area contributed by atoms with Gasteiger partial charge in [0.15, 0.2) is 6.61 Å². The Bertz CT molecular complexity index is 698. The summed E-state index contributed by atoms with van der Waals surface area (Å²) in [7, 11) is 0. The molecule has 2 N–H and O–H groups in total. The number of amides is 1. The van der Waals surface area contributed by atoms with Crippen molar-refractivity contribution in [1.82, 2.24) is 5.32 Å². The molecule has 1 atom stereocenters. The third-order valence-corrected chi connectivity index (χ3v) is 3.65. The molecule has 0 saturated carbocycles. The molecule has 0 saturated heterocycles. The van der Waals surface area contributed by atoms with Crippen LogP contribution in [0.15, 0.2) is 48.5 Å². The van der Waals surface area contributed by atoms with E-state index in [0.717, 1.165) is 5.56 Å². The molecule has 0 heterocycles. The van der Waals surface area contributed by atoms with Crippen molar-refractivity contribution in [3.05, 3.63) is 64.7 Å². The van der Waals surface area contributed by atoms with Gasteiger partial charge in [-0.3, -0.25) is 9.59 Å². The zero-order chi connectivity index (χ0) is 17.5. The maximum absolute atomic E-state index is 11.9. The van der Waals surface area contributed by atoms with Crippen molar-refractivity contribution in [1.29, 1.82) is 0 Å². The number of carbonyl (C=O) groups is 2. The quantitative estimate of drug-likeness (QED) is 0.806. The summed E-state index contributed by atoms with van der Waals surface area (Å²) in [6.45, 7) is 1.76. The highest BCUT2D eigenvalue weighted by atomic mass is 35.5. The minimum atomic E-state index is -0.890. The number of carbonyl (C=O) groups excluding carboxylic acids is 1. The Labute approximate surface area is 145 Å². The van der Waals surface area contributed by atoms with Crippen LogP contribution >= 0.6 is 11.6 Å². The van der Waals surface area contributed by atoms with Gasteiger partial charge in [-0.25, -0.2) is 0 Å². The number of halogens is 1. The van der Waals surface area contributed by atoms with Gasteiger partial charge in [0.05, 0.1) is 12.5 Å². The molecule has 126 valence electrons. The van der Waals surface area contributed by atoms with Gasteiger partial charge in [0.25, 0.3) is 5.91 Å². The largest absolute Gasteiger partial charge is 0.484 e. The van der Waals surface area contributed by atoms with Crippen molar-refractivity contribution in [3.63, 3.8) is 0 Å². The Kier molecular flexibility index (Phi) is 6.21. The van der Waals surface area contributed by atoms with Gasteiger partial charge in [-0.1, -0.05) is 35.9 Å². The van der Waals surface area contributed by atoms with E-state index < -0.39 is 5.97 Å². The molecule has 2 aromatic rings. The lowest BCUT2D eigenvalue weighted by atomic mass is 10.1. The summed E-state index contributed by atoms with van der Waals surface area (Å²) in [5.41, 5.74) is 1.63. The van der Waals surface area contributed by atoms with Gasteiger partial charge >= 0.3 is 5.97 Å². The average molecular weight is 348 g/mol. The van der Waals surface area contributed by atoms with Crippen LogP contribution in [0.3, 0.4) is 0 Å².